The van der Waals surface area contributed by atoms with Crippen LogP contribution < -0.4 is 24.8 Å². The van der Waals surface area contributed by atoms with Crippen LogP contribution in [-0.2, 0) is 42.9 Å². The number of hydrogen-bond donors (Lipinski definition) is 0. The average molecular weight is 852 g/mol. The van der Waals surface area contributed by atoms with Crippen LogP contribution in [0.25, 0.3) is 11.1 Å². The quantitative estimate of drug-likeness (QED) is 0.196. The molecule has 0 radical (unpaired) electrons. The molecule has 0 bridgehead atoms. The van der Waals surface area contributed by atoms with Crippen LogP contribution in [0.4, 0.5) is 0 Å². The van der Waals surface area contributed by atoms with Gasteiger partial charge in [-0.05, 0) is 0 Å². The number of halogens is 4. The van der Waals surface area contributed by atoms with Crippen molar-refractivity contribution in [3.63, 3.8) is 0 Å². The average Bonchev–Trinajstić information content (AvgIpc) is 3.65. The molecule has 52 heavy (non-hydrogen) atoms. The third kappa shape index (κ3) is 8.41. The molecule has 2 aliphatic rings. The van der Waals surface area contributed by atoms with Crippen molar-refractivity contribution in [3.8, 4) is 11.1 Å². The maximum Gasteiger partial charge on any atom is -1.00 e. The van der Waals surface area contributed by atoms with Gasteiger partial charge in [-0.2, -0.15) is 0 Å². The van der Waals surface area contributed by atoms with Gasteiger partial charge in [-0.25, -0.2) is 0 Å². The van der Waals surface area contributed by atoms with Gasteiger partial charge in [0, 0.05) is 0 Å². The molecular formula is C47H54Cl4Zr. The molecule has 0 heterocycles. The molecule has 4 aromatic carbocycles. The molecule has 0 N–H and O–H groups in total. The maximum atomic E-state index is 6.54. The standard InChI is InChI=1S/C29H41.C13H8Cl2.C5H5.2ClH.Zr/c1-26(2,3)22-14-18-13-19-15-23(27(4,5)6)25(29(10,11)12)17-21(19)20(18)16-24(22)28(7,8)9;14-12-5-1-10(2-6-12)9-11-3-7-13(15)8-4-11;1-2-4-5-3-1;;;/h13-17H,1-12H3;1-8H;1-3H,4H2;2*1H;/q;;;;;+2/p-2. The van der Waals surface area contributed by atoms with Gasteiger partial charge in [-0.3, -0.25) is 0 Å². The monoisotopic (exact) mass is 848 g/mol. The molecule has 274 valence electrons. The van der Waals surface area contributed by atoms with E-state index in [-0.39, 0.29) is 46.5 Å². The second-order valence-corrected chi connectivity index (χ2v) is 25.7. The minimum atomic E-state index is -2.93. The molecule has 0 amide bonds. The molecule has 0 saturated heterocycles. The Morgan fingerprint density at radius 1 is 0.538 bits per heavy atom. The van der Waals surface area contributed by atoms with Gasteiger partial charge < -0.3 is 24.8 Å². The number of fused-ring (bicyclic) bond motifs is 3. The number of allylic oxidation sites excluding steroid dienone is 4. The molecule has 5 heteroatoms. The van der Waals surface area contributed by atoms with E-state index in [1.807, 2.05) is 0 Å². The maximum absolute atomic E-state index is 6.54. The molecule has 0 nitrogen and oxygen atoms in total. The Morgan fingerprint density at radius 2 is 0.885 bits per heavy atom. The third-order valence-electron chi connectivity index (χ3n) is 10.5. The molecular weight excluding hydrogens is 798 g/mol. The summed E-state index contributed by atoms with van der Waals surface area (Å²) < 4.78 is 3.44. The Hall–Kier alpha value is -1.73. The van der Waals surface area contributed by atoms with E-state index in [1.54, 1.807) is 3.28 Å². The van der Waals surface area contributed by atoms with Crippen LogP contribution in [0, 0.1) is 0 Å². The SMILES string of the molecule is CC(C)(C)c1cc2c(cc1C(C)(C)C)[CH]([Zr+2]([C]1=CC=CC1)=[C](c1ccc(Cl)cc1)c1ccc(Cl)cc1)c1cc(C(C)(C)C)c(C(C)(C)C)cc1-2.[Cl-].[Cl-]. The molecule has 4 aromatic rings. The predicted octanol–water partition coefficient (Wildman–Crippen LogP) is 7.99. The summed E-state index contributed by atoms with van der Waals surface area (Å²) in [6, 6.07) is 27.7. The van der Waals surface area contributed by atoms with Gasteiger partial charge in [-0.1, -0.05) is 0 Å². The zero-order valence-electron chi connectivity index (χ0n) is 33.0. The molecule has 0 aliphatic heterocycles. The predicted molar refractivity (Wildman–Crippen MR) is 216 cm³/mol. The third-order valence-corrected chi connectivity index (χ3v) is 19.3. The summed E-state index contributed by atoms with van der Waals surface area (Å²) in [7, 11) is 0. The summed E-state index contributed by atoms with van der Waals surface area (Å²) in [6.07, 6.45) is 8.13. The van der Waals surface area contributed by atoms with Crippen molar-refractivity contribution >= 4 is 26.4 Å². The second kappa shape index (κ2) is 15.4. The Bertz CT molecular complexity index is 1920. The van der Waals surface area contributed by atoms with E-state index in [9.17, 15) is 0 Å². The first-order valence-corrected chi connectivity index (χ1v) is 22.8. The Balaban J connectivity index is 0.00000302. The minimum Gasteiger partial charge on any atom is -1.00 e. The van der Waals surface area contributed by atoms with Gasteiger partial charge in [0.2, 0.25) is 0 Å². The number of rotatable bonds is 4. The Labute approximate surface area is 344 Å². The van der Waals surface area contributed by atoms with Crippen molar-refractivity contribution in [1.82, 2.24) is 0 Å². The Morgan fingerprint density at radius 3 is 1.19 bits per heavy atom. The first-order valence-electron chi connectivity index (χ1n) is 18.2. The van der Waals surface area contributed by atoms with Gasteiger partial charge >= 0.3 is 322 Å². The van der Waals surface area contributed by atoms with Crippen LogP contribution in [0.5, 0.6) is 0 Å². The first-order chi connectivity index (χ1) is 23.2. The molecule has 6 rings (SSSR count). The molecule has 0 spiro atoms. The van der Waals surface area contributed by atoms with E-state index < -0.39 is 21.3 Å². The zero-order valence-corrected chi connectivity index (χ0v) is 38.4. The smallest absolute Gasteiger partial charge is 1.00 e. The van der Waals surface area contributed by atoms with E-state index in [0.717, 1.165) is 16.5 Å². The second-order valence-electron chi connectivity index (χ2n) is 18.5. The molecule has 2 aliphatic carbocycles. The van der Waals surface area contributed by atoms with Gasteiger partial charge in [0.25, 0.3) is 0 Å². The van der Waals surface area contributed by atoms with E-state index >= 15 is 0 Å². The van der Waals surface area contributed by atoms with Crippen molar-refractivity contribution in [2.45, 2.75) is 115 Å². The number of hydrogen-bond acceptors (Lipinski definition) is 0. The summed E-state index contributed by atoms with van der Waals surface area (Å²) in [6.45, 7) is 28.6. The van der Waals surface area contributed by atoms with Crippen LogP contribution in [0.1, 0.15) is 138 Å². The van der Waals surface area contributed by atoms with Crippen LogP contribution in [0.3, 0.4) is 0 Å². The van der Waals surface area contributed by atoms with E-state index in [4.69, 9.17) is 23.2 Å². The van der Waals surface area contributed by atoms with E-state index in [2.05, 4.69) is 174 Å². The van der Waals surface area contributed by atoms with Gasteiger partial charge in [0.1, 0.15) is 0 Å². The molecule has 0 saturated carbocycles. The molecule has 0 atom stereocenters. The van der Waals surface area contributed by atoms with Crippen LogP contribution >= 0.6 is 23.2 Å². The van der Waals surface area contributed by atoms with Crippen LogP contribution in [-0.4, -0.2) is 3.21 Å². The number of benzene rings is 4. The fourth-order valence-corrected chi connectivity index (χ4v) is 17.2. The first kappa shape index (κ1) is 43.0. The van der Waals surface area contributed by atoms with Gasteiger partial charge in [0.15, 0.2) is 0 Å². The molecule has 0 aromatic heterocycles. The zero-order chi connectivity index (χ0) is 36.6. The minimum absolute atomic E-state index is 0. The molecule has 0 fully saturated rings. The van der Waals surface area contributed by atoms with Crippen molar-refractivity contribution < 1.29 is 46.1 Å². The summed E-state index contributed by atoms with van der Waals surface area (Å²) in [5.74, 6) is 0. The van der Waals surface area contributed by atoms with Gasteiger partial charge in [-0.15, -0.1) is 0 Å². The van der Waals surface area contributed by atoms with Crippen molar-refractivity contribution in [2.24, 2.45) is 0 Å². The summed E-state index contributed by atoms with van der Waals surface area (Å²) in [5, 5.41) is 1.53. The topological polar surface area (TPSA) is 0 Å². The molecule has 0 unspecified atom stereocenters. The van der Waals surface area contributed by atoms with Gasteiger partial charge in [0.05, 0.1) is 0 Å². The summed E-state index contributed by atoms with van der Waals surface area (Å²) in [4.78, 5) is 0. The fraction of sp³-hybridized carbons (Fsp3) is 0.383. The van der Waals surface area contributed by atoms with Crippen molar-refractivity contribution in [3.05, 3.63) is 149 Å². The van der Waals surface area contributed by atoms with E-state index in [0.29, 0.717) is 3.63 Å². The summed E-state index contributed by atoms with van der Waals surface area (Å²) >= 11 is 10.2. The van der Waals surface area contributed by atoms with Crippen LogP contribution in [0.15, 0.2) is 94.3 Å². The van der Waals surface area contributed by atoms with Crippen molar-refractivity contribution in [1.29, 1.82) is 0 Å². The van der Waals surface area contributed by atoms with Crippen LogP contribution in [0.2, 0.25) is 10.0 Å². The Kier molecular flexibility index (Phi) is 12.8. The normalized spacial score (nSPS) is 14.1. The van der Waals surface area contributed by atoms with E-state index in [1.165, 1.54) is 58.8 Å². The van der Waals surface area contributed by atoms with Crippen molar-refractivity contribution in [2.75, 3.05) is 0 Å². The summed E-state index contributed by atoms with van der Waals surface area (Å²) in [5.41, 5.74) is 14.3. The largest absolute Gasteiger partial charge is 1.00 e. The fourth-order valence-electron chi connectivity index (χ4n) is 7.99.